The monoisotopic (exact) mass is 275 g/mol. The summed E-state index contributed by atoms with van der Waals surface area (Å²) in [6, 6.07) is 8.76. The number of ether oxygens (including phenoxy) is 2. The number of rotatable bonds is 4. The molecular formula is C17H25NO2. The summed E-state index contributed by atoms with van der Waals surface area (Å²) < 4.78 is 11.7. The fraction of sp³-hybridized carbons (Fsp3) is 0.647. The number of hydrogen-bond acceptors (Lipinski definition) is 3. The van der Waals surface area contributed by atoms with Gasteiger partial charge in [-0.2, -0.15) is 0 Å². The summed E-state index contributed by atoms with van der Waals surface area (Å²) in [6.07, 6.45) is 7.05. The van der Waals surface area contributed by atoms with Crippen molar-refractivity contribution in [3.63, 3.8) is 0 Å². The molecule has 0 saturated carbocycles. The minimum absolute atomic E-state index is 0.161. The van der Waals surface area contributed by atoms with E-state index in [1.807, 2.05) is 0 Å². The van der Waals surface area contributed by atoms with Crippen molar-refractivity contribution in [2.75, 3.05) is 13.2 Å². The topological polar surface area (TPSA) is 44.5 Å². The van der Waals surface area contributed by atoms with E-state index in [2.05, 4.69) is 24.3 Å². The van der Waals surface area contributed by atoms with E-state index in [1.165, 1.54) is 24.0 Å². The van der Waals surface area contributed by atoms with Crippen LogP contribution in [0.15, 0.2) is 24.3 Å². The van der Waals surface area contributed by atoms with Gasteiger partial charge in [0, 0.05) is 12.6 Å². The molecule has 1 aromatic carbocycles. The van der Waals surface area contributed by atoms with Gasteiger partial charge in [-0.05, 0) is 49.7 Å². The van der Waals surface area contributed by atoms with Gasteiger partial charge in [0.15, 0.2) is 0 Å². The lowest BCUT2D eigenvalue weighted by atomic mass is 9.91. The lowest BCUT2D eigenvalue weighted by Crippen LogP contribution is -2.32. The zero-order valence-electron chi connectivity index (χ0n) is 12.1. The first-order valence-electron chi connectivity index (χ1n) is 7.89. The van der Waals surface area contributed by atoms with E-state index < -0.39 is 0 Å². The summed E-state index contributed by atoms with van der Waals surface area (Å²) in [5.74, 6) is 0. The molecule has 0 spiro atoms. The van der Waals surface area contributed by atoms with Crippen LogP contribution in [0.5, 0.6) is 0 Å². The Hall–Kier alpha value is -0.900. The van der Waals surface area contributed by atoms with Gasteiger partial charge >= 0.3 is 0 Å². The lowest BCUT2D eigenvalue weighted by molar-refractivity contribution is -0.00351. The highest BCUT2D eigenvalue weighted by Crippen LogP contribution is 2.31. The molecule has 3 nitrogen and oxygen atoms in total. The fourth-order valence-electron chi connectivity index (χ4n) is 3.37. The van der Waals surface area contributed by atoms with Crippen LogP contribution in [0.1, 0.15) is 49.3 Å². The molecule has 3 rings (SSSR count). The predicted molar refractivity (Wildman–Crippen MR) is 79.6 cm³/mol. The lowest BCUT2D eigenvalue weighted by Gasteiger charge is -2.30. The number of fused-ring (bicyclic) bond motifs is 1. The van der Waals surface area contributed by atoms with Crippen LogP contribution in [-0.4, -0.2) is 25.4 Å². The number of hydrogen-bond donors (Lipinski definition) is 1. The molecule has 2 aliphatic rings. The van der Waals surface area contributed by atoms with Gasteiger partial charge in [-0.15, -0.1) is 0 Å². The molecule has 1 saturated heterocycles. The van der Waals surface area contributed by atoms with Gasteiger partial charge in [-0.25, -0.2) is 0 Å². The first-order valence-corrected chi connectivity index (χ1v) is 7.89. The molecule has 0 aliphatic carbocycles. The van der Waals surface area contributed by atoms with Gasteiger partial charge in [0.05, 0.1) is 18.8 Å². The Morgan fingerprint density at radius 1 is 1.10 bits per heavy atom. The quantitative estimate of drug-likeness (QED) is 0.918. The molecule has 0 amide bonds. The van der Waals surface area contributed by atoms with E-state index in [0.29, 0.717) is 6.10 Å². The Morgan fingerprint density at radius 2 is 2.00 bits per heavy atom. The Balaban J connectivity index is 1.57. The van der Waals surface area contributed by atoms with E-state index >= 15 is 0 Å². The van der Waals surface area contributed by atoms with Crippen LogP contribution in [0.3, 0.4) is 0 Å². The van der Waals surface area contributed by atoms with Crippen molar-refractivity contribution >= 4 is 0 Å². The Bertz CT molecular complexity index is 429. The van der Waals surface area contributed by atoms with Crippen molar-refractivity contribution in [2.45, 2.75) is 56.8 Å². The first kappa shape index (κ1) is 14.1. The summed E-state index contributed by atoms with van der Waals surface area (Å²) in [4.78, 5) is 0. The smallest absolute Gasteiger partial charge is 0.0842 e. The SMILES string of the molecule is NC(CC1CCCCO1)CC1OCCc2ccccc21. The number of benzene rings is 1. The summed E-state index contributed by atoms with van der Waals surface area (Å²) >= 11 is 0. The molecule has 1 fully saturated rings. The molecule has 2 aliphatic heterocycles. The van der Waals surface area contributed by atoms with Crippen LogP contribution in [0, 0.1) is 0 Å². The van der Waals surface area contributed by atoms with Crippen LogP contribution in [0.25, 0.3) is 0 Å². The van der Waals surface area contributed by atoms with Gasteiger partial charge in [0.1, 0.15) is 0 Å². The molecular weight excluding hydrogens is 250 g/mol. The second-order valence-electron chi connectivity index (χ2n) is 6.03. The van der Waals surface area contributed by atoms with E-state index in [1.54, 1.807) is 0 Å². The van der Waals surface area contributed by atoms with Crippen molar-refractivity contribution < 1.29 is 9.47 Å². The molecule has 0 radical (unpaired) electrons. The maximum atomic E-state index is 6.33. The standard InChI is InChI=1S/C17H25NO2/c18-14(11-15-6-3-4-9-19-15)12-17-16-7-2-1-5-13(16)8-10-20-17/h1-2,5,7,14-15,17H,3-4,6,8-12,18H2. The van der Waals surface area contributed by atoms with Crippen molar-refractivity contribution in [2.24, 2.45) is 5.73 Å². The summed E-state index contributed by atoms with van der Waals surface area (Å²) in [5.41, 5.74) is 9.09. The summed E-state index contributed by atoms with van der Waals surface area (Å²) in [7, 11) is 0. The van der Waals surface area contributed by atoms with Crippen LogP contribution >= 0.6 is 0 Å². The van der Waals surface area contributed by atoms with Gasteiger partial charge < -0.3 is 15.2 Å². The van der Waals surface area contributed by atoms with Crippen LogP contribution in [0.4, 0.5) is 0 Å². The second-order valence-corrected chi connectivity index (χ2v) is 6.03. The van der Waals surface area contributed by atoms with Crippen molar-refractivity contribution in [3.05, 3.63) is 35.4 Å². The molecule has 0 bridgehead atoms. The van der Waals surface area contributed by atoms with Gasteiger partial charge in [-0.3, -0.25) is 0 Å². The maximum absolute atomic E-state index is 6.33. The Kier molecular flexibility index (Phi) is 4.71. The molecule has 20 heavy (non-hydrogen) atoms. The third-order valence-corrected chi connectivity index (χ3v) is 4.45. The number of nitrogens with two attached hydrogens (primary N) is 1. The van der Waals surface area contributed by atoms with Crippen LogP contribution in [0.2, 0.25) is 0 Å². The highest BCUT2D eigenvalue weighted by molar-refractivity contribution is 5.31. The van der Waals surface area contributed by atoms with E-state index in [4.69, 9.17) is 15.2 Å². The Morgan fingerprint density at radius 3 is 2.85 bits per heavy atom. The van der Waals surface area contributed by atoms with E-state index in [9.17, 15) is 0 Å². The van der Waals surface area contributed by atoms with Crippen molar-refractivity contribution in [1.29, 1.82) is 0 Å². The van der Waals surface area contributed by atoms with Crippen LogP contribution < -0.4 is 5.73 Å². The third-order valence-electron chi connectivity index (χ3n) is 4.45. The largest absolute Gasteiger partial charge is 0.378 e. The van der Waals surface area contributed by atoms with Gasteiger partial charge in [0.25, 0.3) is 0 Å². The molecule has 110 valence electrons. The molecule has 2 N–H and O–H groups in total. The average molecular weight is 275 g/mol. The zero-order chi connectivity index (χ0) is 13.8. The molecule has 3 unspecified atom stereocenters. The average Bonchev–Trinajstić information content (AvgIpc) is 2.48. The molecule has 3 heteroatoms. The highest BCUT2D eigenvalue weighted by atomic mass is 16.5. The third kappa shape index (κ3) is 3.40. The second kappa shape index (κ2) is 6.70. The normalized spacial score (nSPS) is 27.9. The fourth-order valence-corrected chi connectivity index (χ4v) is 3.37. The highest BCUT2D eigenvalue weighted by Gasteiger charge is 2.24. The minimum Gasteiger partial charge on any atom is -0.378 e. The van der Waals surface area contributed by atoms with Gasteiger partial charge in [-0.1, -0.05) is 24.3 Å². The molecule has 1 aromatic rings. The Labute approximate surface area is 121 Å². The summed E-state index contributed by atoms with van der Waals surface area (Å²) in [5, 5.41) is 0. The van der Waals surface area contributed by atoms with Gasteiger partial charge in [0.2, 0.25) is 0 Å². The van der Waals surface area contributed by atoms with E-state index in [-0.39, 0.29) is 12.1 Å². The van der Waals surface area contributed by atoms with Crippen LogP contribution in [-0.2, 0) is 15.9 Å². The minimum atomic E-state index is 0.161. The maximum Gasteiger partial charge on any atom is 0.0842 e. The zero-order valence-corrected chi connectivity index (χ0v) is 12.1. The summed E-state index contributed by atoms with van der Waals surface area (Å²) in [6.45, 7) is 1.72. The molecule has 2 heterocycles. The predicted octanol–water partition coefficient (Wildman–Crippen LogP) is 2.98. The van der Waals surface area contributed by atoms with E-state index in [0.717, 1.165) is 38.9 Å². The molecule has 3 atom stereocenters. The van der Waals surface area contributed by atoms with Crippen molar-refractivity contribution in [3.8, 4) is 0 Å². The van der Waals surface area contributed by atoms with Crippen molar-refractivity contribution in [1.82, 2.24) is 0 Å². The molecule has 0 aromatic heterocycles. The first-order chi connectivity index (χ1) is 9.83.